The maximum absolute atomic E-state index is 12.6. The first-order chi connectivity index (χ1) is 10.6. The topological polar surface area (TPSA) is 33.7 Å². The van der Waals surface area contributed by atoms with Crippen molar-refractivity contribution in [2.45, 2.75) is 26.0 Å². The molecule has 0 saturated carbocycles. The number of rotatable bonds is 5. The Hall–Kier alpha value is -1.11. The number of hydrogen-bond acceptors (Lipinski definition) is 4. The Balaban J connectivity index is 0.00000192. The summed E-state index contributed by atoms with van der Waals surface area (Å²) in [7, 11) is 1.57. The van der Waals surface area contributed by atoms with Crippen molar-refractivity contribution in [1.82, 2.24) is 10.2 Å². The number of halogens is 3. The van der Waals surface area contributed by atoms with Crippen LogP contribution in [0.15, 0.2) is 18.2 Å². The summed E-state index contributed by atoms with van der Waals surface area (Å²) < 4.78 is 35.0. The molecule has 0 aliphatic carbocycles. The molecule has 0 radical (unpaired) electrons. The first-order valence-electron chi connectivity index (χ1n) is 7.65. The predicted molar refractivity (Wildman–Crippen MR) is 86.7 cm³/mol. The molecule has 1 N–H and O–H groups in total. The summed E-state index contributed by atoms with van der Waals surface area (Å²) in [6.45, 7) is 1.93. The van der Waals surface area contributed by atoms with Gasteiger partial charge < -0.3 is 14.8 Å². The lowest BCUT2D eigenvalue weighted by Crippen LogP contribution is -2.29. The lowest BCUT2D eigenvalue weighted by molar-refractivity contribution is -0.0507. The zero-order chi connectivity index (χ0) is 15.6. The van der Waals surface area contributed by atoms with Crippen molar-refractivity contribution in [2.75, 3.05) is 33.3 Å². The third kappa shape index (κ3) is 4.25. The molecule has 7 heteroatoms. The summed E-state index contributed by atoms with van der Waals surface area (Å²) in [5, 5.41) is 3.42. The Morgan fingerprint density at radius 1 is 1.35 bits per heavy atom. The van der Waals surface area contributed by atoms with Gasteiger partial charge in [-0.3, -0.25) is 4.90 Å². The summed E-state index contributed by atoms with van der Waals surface area (Å²) in [4.78, 5) is 2.32. The van der Waals surface area contributed by atoms with Gasteiger partial charge in [0.05, 0.1) is 7.11 Å². The Morgan fingerprint density at radius 2 is 2.17 bits per heavy atom. The van der Waals surface area contributed by atoms with E-state index in [9.17, 15) is 8.78 Å². The number of methoxy groups -OCH3 is 1. The first kappa shape index (κ1) is 18.2. The number of likely N-dealkylation sites (tertiary alicyclic amines) is 1. The van der Waals surface area contributed by atoms with Crippen LogP contribution in [0.2, 0.25) is 0 Å². The van der Waals surface area contributed by atoms with Crippen molar-refractivity contribution >= 4 is 12.4 Å². The molecule has 1 aromatic rings. The summed E-state index contributed by atoms with van der Waals surface area (Å²) in [5.41, 5.74) is 1.12. The monoisotopic (exact) mass is 348 g/mol. The fraction of sp³-hybridized carbons (Fsp3) is 0.625. The maximum Gasteiger partial charge on any atom is 0.387 e. The van der Waals surface area contributed by atoms with E-state index in [4.69, 9.17) is 4.74 Å². The molecule has 2 aliphatic rings. The third-order valence-electron chi connectivity index (χ3n) is 4.73. The van der Waals surface area contributed by atoms with E-state index < -0.39 is 6.61 Å². The highest BCUT2D eigenvalue weighted by Crippen LogP contribution is 2.37. The highest BCUT2D eigenvalue weighted by molar-refractivity contribution is 5.85. The first-order valence-corrected chi connectivity index (χ1v) is 7.65. The molecule has 0 aromatic heterocycles. The second-order valence-corrected chi connectivity index (χ2v) is 6.24. The van der Waals surface area contributed by atoms with E-state index in [2.05, 4.69) is 15.0 Å². The van der Waals surface area contributed by atoms with Crippen LogP contribution in [0, 0.1) is 5.41 Å². The molecule has 3 rings (SSSR count). The van der Waals surface area contributed by atoms with Crippen LogP contribution in [0.4, 0.5) is 8.78 Å². The van der Waals surface area contributed by atoms with Gasteiger partial charge in [-0.2, -0.15) is 8.78 Å². The van der Waals surface area contributed by atoms with E-state index >= 15 is 0 Å². The molecule has 1 aromatic carbocycles. The van der Waals surface area contributed by atoms with Crippen molar-refractivity contribution in [3.05, 3.63) is 23.8 Å². The number of nitrogens with one attached hydrogen (secondary N) is 1. The van der Waals surface area contributed by atoms with Gasteiger partial charge in [-0.05, 0) is 49.5 Å². The zero-order valence-corrected chi connectivity index (χ0v) is 14.0. The molecule has 0 amide bonds. The van der Waals surface area contributed by atoms with Crippen molar-refractivity contribution in [1.29, 1.82) is 0 Å². The zero-order valence-electron chi connectivity index (χ0n) is 13.2. The molecular weight excluding hydrogens is 326 g/mol. The molecule has 1 atom stereocenters. The van der Waals surface area contributed by atoms with E-state index in [0.29, 0.717) is 17.7 Å². The Kier molecular flexibility index (Phi) is 6.06. The molecule has 2 saturated heterocycles. The van der Waals surface area contributed by atoms with Crippen LogP contribution < -0.4 is 14.8 Å². The van der Waals surface area contributed by atoms with Crippen LogP contribution in [0.25, 0.3) is 0 Å². The van der Waals surface area contributed by atoms with Crippen molar-refractivity contribution < 1.29 is 18.3 Å². The van der Waals surface area contributed by atoms with Gasteiger partial charge in [-0.25, -0.2) is 0 Å². The van der Waals surface area contributed by atoms with Crippen LogP contribution in [0.1, 0.15) is 18.4 Å². The van der Waals surface area contributed by atoms with Gasteiger partial charge >= 0.3 is 6.61 Å². The van der Waals surface area contributed by atoms with E-state index in [-0.39, 0.29) is 18.2 Å². The van der Waals surface area contributed by atoms with Crippen LogP contribution in [-0.4, -0.2) is 44.8 Å². The standard InChI is InChI=1S/C16H22F2N2O2.ClH/c1-21-13-2-3-14(22-15(17)18)12(8-13)9-20-7-5-16(11-20)4-6-19-10-16;/h2-3,8,15,19H,4-7,9-11H2,1H3;1H. The summed E-state index contributed by atoms with van der Waals surface area (Å²) in [6.07, 6.45) is 2.36. The third-order valence-corrected chi connectivity index (χ3v) is 4.73. The van der Waals surface area contributed by atoms with E-state index in [0.717, 1.165) is 38.2 Å². The molecule has 2 fully saturated rings. The minimum absolute atomic E-state index is 0. The molecule has 2 heterocycles. The summed E-state index contributed by atoms with van der Waals surface area (Å²) in [5.74, 6) is 0.898. The van der Waals surface area contributed by atoms with Gasteiger partial charge in [0, 0.05) is 25.2 Å². The molecule has 1 spiro atoms. The lowest BCUT2D eigenvalue weighted by atomic mass is 9.86. The summed E-state index contributed by atoms with van der Waals surface area (Å²) in [6, 6.07) is 4.99. The minimum Gasteiger partial charge on any atom is -0.497 e. The van der Waals surface area contributed by atoms with Gasteiger partial charge in [0.15, 0.2) is 0 Å². The predicted octanol–water partition coefficient (Wildman–Crippen LogP) is 2.90. The second-order valence-electron chi connectivity index (χ2n) is 6.24. The van der Waals surface area contributed by atoms with Crippen molar-refractivity contribution in [2.24, 2.45) is 5.41 Å². The Morgan fingerprint density at radius 3 is 2.83 bits per heavy atom. The van der Waals surface area contributed by atoms with Crippen LogP contribution >= 0.6 is 12.4 Å². The van der Waals surface area contributed by atoms with Crippen molar-refractivity contribution in [3.8, 4) is 11.5 Å². The number of nitrogens with zero attached hydrogens (tertiary/aromatic N) is 1. The Bertz CT molecular complexity index is 525. The molecule has 130 valence electrons. The number of ether oxygens (including phenoxy) is 2. The molecule has 23 heavy (non-hydrogen) atoms. The average Bonchev–Trinajstić information content (AvgIpc) is 3.11. The van der Waals surface area contributed by atoms with Gasteiger partial charge in [0.1, 0.15) is 11.5 Å². The Labute approximate surface area is 141 Å². The molecule has 4 nitrogen and oxygen atoms in total. The summed E-state index contributed by atoms with van der Waals surface area (Å²) >= 11 is 0. The van der Waals surface area contributed by atoms with Crippen LogP contribution in [-0.2, 0) is 6.54 Å². The molecule has 0 bridgehead atoms. The molecular formula is C16H23ClF2N2O2. The van der Waals surface area contributed by atoms with Crippen molar-refractivity contribution in [3.63, 3.8) is 0 Å². The molecule has 1 unspecified atom stereocenters. The lowest BCUT2D eigenvalue weighted by Gasteiger charge is -2.23. The fourth-order valence-electron chi connectivity index (χ4n) is 3.56. The highest BCUT2D eigenvalue weighted by atomic mass is 35.5. The van der Waals surface area contributed by atoms with Crippen LogP contribution in [0.5, 0.6) is 11.5 Å². The quantitative estimate of drug-likeness (QED) is 0.887. The maximum atomic E-state index is 12.6. The normalized spacial score (nSPS) is 24.2. The number of alkyl halides is 2. The number of benzene rings is 1. The average molecular weight is 349 g/mol. The van der Waals surface area contributed by atoms with E-state index in [1.807, 2.05) is 0 Å². The van der Waals surface area contributed by atoms with E-state index in [1.165, 1.54) is 6.42 Å². The molecule has 2 aliphatic heterocycles. The largest absolute Gasteiger partial charge is 0.497 e. The highest BCUT2D eigenvalue weighted by Gasteiger charge is 2.40. The fourth-order valence-corrected chi connectivity index (χ4v) is 3.56. The number of hydrogen-bond donors (Lipinski definition) is 1. The van der Waals surface area contributed by atoms with Crippen LogP contribution in [0.3, 0.4) is 0 Å². The smallest absolute Gasteiger partial charge is 0.387 e. The van der Waals surface area contributed by atoms with Gasteiger partial charge in [-0.1, -0.05) is 0 Å². The SMILES string of the molecule is COc1ccc(OC(F)F)c(CN2CCC3(CCNC3)C2)c1.Cl. The van der Waals surface area contributed by atoms with Gasteiger partial charge in [0.25, 0.3) is 0 Å². The van der Waals surface area contributed by atoms with Gasteiger partial charge in [0.2, 0.25) is 0 Å². The van der Waals surface area contributed by atoms with E-state index in [1.54, 1.807) is 25.3 Å². The van der Waals surface area contributed by atoms with Gasteiger partial charge in [-0.15, -0.1) is 12.4 Å². The second kappa shape index (κ2) is 7.64. The minimum atomic E-state index is -2.81.